The van der Waals surface area contributed by atoms with Crippen molar-refractivity contribution in [3.05, 3.63) is 67.8 Å². The van der Waals surface area contributed by atoms with Crippen molar-refractivity contribution < 1.29 is 50.6 Å². The molecule has 49 heavy (non-hydrogen) atoms. The van der Waals surface area contributed by atoms with Gasteiger partial charge in [0.05, 0.1) is 23.1 Å². The van der Waals surface area contributed by atoms with Gasteiger partial charge in [-0.15, -0.1) is 22.7 Å². The van der Waals surface area contributed by atoms with E-state index in [9.17, 15) is 41.0 Å². The standard InChI is InChI=1S/C33H35F6N3O5S2/c1-4-7-23-31(47-20-16-24(49-18-20)33(37,38)39,11-6-13-42(23)27(43)25-21(32(34,35)36)8-5-12-40-25)28(44)41-14-9-19-10-15-48-26(19)22(41)17-30(2,3)29(45)46/h5,8,10,12,15-16,18,22-23H,4,6-7,9,11,13-14,17H2,1-3H3,(H,45,46)/t22?,23-,31-/m1/s1. The molecule has 1 saturated heterocycles. The maximum absolute atomic E-state index is 15.2. The van der Waals surface area contributed by atoms with Crippen molar-refractivity contribution in [2.75, 3.05) is 13.1 Å². The zero-order chi connectivity index (χ0) is 35.9. The van der Waals surface area contributed by atoms with Gasteiger partial charge in [0, 0.05) is 42.0 Å². The highest BCUT2D eigenvalue weighted by molar-refractivity contribution is 7.10. The van der Waals surface area contributed by atoms with Crippen LogP contribution in [0.15, 0.2) is 41.2 Å². The van der Waals surface area contributed by atoms with Crippen molar-refractivity contribution >= 4 is 40.5 Å². The lowest BCUT2D eigenvalue weighted by atomic mass is 9.78. The van der Waals surface area contributed by atoms with Crippen LogP contribution < -0.4 is 4.74 Å². The summed E-state index contributed by atoms with van der Waals surface area (Å²) in [5, 5.41) is 13.0. The maximum Gasteiger partial charge on any atom is 0.425 e. The fraction of sp³-hybridized carbons (Fsp3) is 0.515. The number of aliphatic carboxylic acids is 1. The summed E-state index contributed by atoms with van der Waals surface area (Å²) in [6.07, 6.45) is -7.75. The van der Waals surface area contributed by atoms with E-state index in [-0.39, 0.29) is 44.5 Å². The molecule has 2 aliphatic heterocycles. The van der Waals surface area contributed by atoms with Gasteiger partial charge in [0.1, 0.15) is 16.3 Å². The third-order valence-electron chi connectivity index (χ3n) is 9.14. The van der Waals surface area contributed by atoms with Crippen molar-refractivity contribution in [1.82, 2.24) is 14.8 Å². The largest absolute Gasteiger partial charge is 0.481 e. The number of halogens is 6. The predicted octanol–water partition coefficient (Wildman–Crippen LogP) is 8.09. The molecule has 0 aromatic carbocycles. The van der Waals surface area contributed by atoms with Crippen LogP contribution in [0.4, 0.5) is 26.3 Å². The quantitative estimate of drug-likeness (QED) is 0.224. The van der Waals surface area contributed by atoms with Crippen LogP contribution in [-0.2, 0) is 28.4 Å². The minimum Gasteiger partial charge on any atom is -0.481 e. The van der Waals surface area contributed by atoms with E-state index in [1.807, 2.05) is 11.4 Å². The zero-order valence-corrected chi connectivity index (χ0v) is 28.5. The topological polar surface area (TPSA) is 100 Å². The number of carboxylic acid groups (broad SMARTS) is 1. The van der Waals surface area contributed by atoms with E-state index in [2.05, 4.69) is 4.98 Å². The minimum absolute atomic E-state index is 0.00168. The van der Waals surface area contributed by atoms with Gasteiger partial charge in [0.15, 0.2) is 0 Å². The molecule has 8 nitrogen and oxygen atoms in total. The number of ether oxygens (including phenoxy) is 1. The summed E-state index contributed by atoms with van der Waals surface area (Å²) in [5.74, 6) is -3.13. The summed E-state index contributed by atoms with van der Waals surface area (Å²) in [6.45, 7) is 4.87. The van der Waals surface area contributed by atoms with Crippen LogP contribution in [0.1, 0.15) is 90.3 Å². The molecule has 0 aliphatic carbocycles. The van der Waals surface area contributed by atoms with Gasteiger partial charge in [-0.2, -0.15) is 26.3 Å². The Morgan fingerprint density at radius 3 is 2.43 bits per heavy atom. The first-order valence-electron chi connectivity index (χ1n) is 15.7. The van der Waals surface area contributed by atoms with Gasteiger partial charge >= 0.3 is 18.3 Å². The Kier molecular flexibility index (Phi) is 10.1. The summed E-state index contributed by atoms with van der Waals surface area (Å²) in [4.78, 5) is 47.7. The molecule has 5 rings (SSSR count). The molecule has 0 radical (unpaired) electrons. The molecule has 1 N–H and O–H groups in total. The summed E-state index contributed by atoms with van der Waals surface area (Å²) in [5.41, 5.74) is -4.51. The number of alkyl halides is 6. The Balaban J connectivity index is 1.65. The lowest BCUT2D eigenvalue weighted by Gasteiger charge is -2.51. The number of nitrogens with zero attached hydrogens (tertiary/aromatic N) is 3. The fourth-order valence-electron chi connectivity index (χ4n) is 6.72. The number of carbonyl (C=O) groups is 3. The number of amides is 2. The van der Waals surface area contributed by atoms with Gasteiger partial charge in [-0.25, -0.2) is 0 Å². The smallest absolute Gasteiger partial charge is 0.425 e. The Labute approximate surface area is 286 Å². The van der Waals surface area contributed by atoms with E-state index in [0.717, 1.165) is 45.1 Å². The van der Waals surface area contributed by atoms with Gasteiger partial charge < -0.3 is 19.6 Å². The highest BCUT2D eigenvalue weighted by atomic mass is 32.1. The van der Waals surface area contributed by atoms with Crippen LogP contribution in [0.5, 0.6) is 5.75 Å². The number of likely N-dealkylation sites (tertiary alicyclic amines) is 1. The van der Waals surface area contributed by atoms with E-state index in [0.29, 0.717) is 24.2 Å². The number of carboxylic acids is 1. The van der Waals surface area contributed by atoms with E-state index in [1.54, 1.807) is 6.92 Å². The van der Waals surface area contributed by atoms with Crippen LogP contribution in [0.3, 0.4) is 0 Å². The first-order chi connectivity index (χ1) is 22.9. The fourth-order valence-corrected chi connectivity index (χ4v) is 8.47. The molecule has 0 saturated carbocycles. The molecule has 3 atom stereocenters. The number of rotatable bonds is 9. The third kappa shape index (κ3) is 7.16. The highest BCUT2D eigenvalue weighted by Gasteiger charge is 2.57. The van der Waals surface area contributed by atoms with Gasteiger partial charge in [-0.3, -0.25) is 19.4 Å². The third-order valence-corrected chi connectivity index (χ3v) is 11.2. The normalized spacial score (nSPS) is 21.7. The molecule has 266 valence electrons. The number of hydrogen-bond acceptors (Lipinski definition) is 7. The lowest BCUT2D eigenvalue weighted by molar-refractivity contribution is -0.164. The van der Waals surface area contributed by atoms with Crippen LogP contribution in [0, 0.1) is 5.41 Å². The van der Waals surface area contributed by atoms with Gasteiger partial charge in [0.25, 0.3) is 11.8 Å². The van der Waals surface area contributed by atoms with E-state index >= 15 is 4.79 Å². The molecule has 3 aromatic heterocycles. The number of piperidine rings is 1. The number of pyridine rings is 1. The van der Waals surface area contributed by atoms with Crippen LogP contribution in [0.25, 0.3) is 0 Å². The Bertz CT molecular complexity index is 1700. The van der Waals surface area contributed by atoms with Crippen LogP contribution >= 0.6 is 22.7 Å². The second kappa shape index (κ2) is 13.6. The molecule has 1 fully saturated rings. The van der Waals surface area contributed by atoms with Gasteiger partial charge in [-0.1, -0.05) is 13.3 Å². The highest BCUT2D eigenvalue weighted by Crippen LogP contribution is 2.47. The summed E-state index contributed by atoms with van der Waals surface area (Å²) in [6, 6.07) is 2.49. The SMILES string of the molecule is CCC[C@H]1N(C(=O)c2ncccc2C(F)(F)F)CCC[C@]1(Oc1csc(C(F)(F)F)c1)C(=O)N1CCc2ccsc2C1CC(C)(C)C(=O)O. The first kappa shape index (κ1) is 36.6. The van der Waals surface area contributed by atoms with Crippen molar-refractivity contribution in [3.8, 4) is 5.75 Å². The molecule has 3 aromatic rings. The molecule has 2 aliphatic rings. The second-order valence-corrected chi connectivity index (χ2v) is 14.8. The van der Waals surface area contributed by atoms with E-state index < -0.39 is 69.4 Å². The van der Waals surface area contributed by atoms with Crippen LogP contribution in [0.2, 0.25) is 0 Å². The Morgan fingerprint density at radius 1 is 1.06 bits per heavy atom. The summed E-state index contributed by atoms with van der Waals surface area (Å²) >= 11 is 1.71. The van der Waals surface area contributed by atoms with Crippen molar-refractivity contribution in [2.24, 2.45) is 5.41 Å². The second-order valence-electron chi connectivity index (χ2n) is 12.9. The number of thiophene rings is 2. The maximum atomic E-state index is 15.2. The molecule has 1 unspecified atom stereocenters. The average Bonchev–Trinajstić information content (AvgIpc) is 3.71. The summed E-state index contributed by atoms with van der Waals surface area (Å²) < 4.78 is 89.5. The van der Waals surface area contributed by atoms with E-state index in [1.165, 1.54) is 30.1 Å². The lowest BCUT2D eigenvalue weighted by Crippen LogP contribution is -2.68. The van der Waals surface area contributed by atoms with Crippen LogP contribution in [-0.4, -0.2) is 62.4 Å². The molecule has 0 bridgehead atoms. The minimum atomic E-state index is -4.92. The predicted molar refractivity (Wildman–Crippen MR) is 169 cm³/mol. The molecular formula is C33H35F6N3O5S2. The monoisotopic (exact) mass is 731 g/mol. The first-order valence-corrected chi connectivity index (χ1v) is 17.4. The molecular weight excluding hydrogens is 697 g/mol. The van der Waals surface area contributed by atoms with Crippen molar-refractivity contribution in [1.29, 1.82) is 0 Å². The van der Waals surface area contributed by atoms with Gasteiger partial charge in [0.2, 0.25) is 5.60 Å². The molecule has 16 heteroatoms. The van der Waals surface area contributed by atoms with E-state index in [4.69, 9.17) is 4.74 Å². The Hall–Kier alpha value is -3.66. The Morgan fingerprint density at radius 2 is 1.80 bits per heavy atom. The molecule has 0 spiro atoms. The number of hydrogen-bond donors (Lipinski definition) is 1. The summed E-state index contributed by atoms with van der Waals surface area (Å²) in [7, 11) is 0. The van der Waals surface area contributed by atoms with Crippen molar-refractivity contribution in [3.63, 3.8) is 0 Å². The van der Waals surface area contributed by atoms with Crippen molar-refractivity contribution in [2.45, 2.75) is 89.3 Å². The average molecular weight is 732 g/mol. The number of fused-ring (bicyclic) bond motifs is 1. The molecule has 5 heterocycles. The number of carbonyl (C=O) groups excluding carboxylic acids is 2. The van der Waals surface area contributed by atoms with Gasteiger partial charge in [-0.05, 0) is 68.7 Å². The number of aromatic nitrogens is 1. The zero-order valence-electron chi connectivity index (χ0n) is 26.9. The molecule has 2 amide bonds.